The normalized spacial score (nSPS) is 20.9. The van der Waals surface area contributed by atoms with E-state index in [9.17, 15) is 14.4 Å². The zero-order valence-corrected chi connectivity index (χ0v) is 22.0. The van der Waals surface area contributed by atoms with E-state index in [-0.39, 0.29) is 18.2 Å². The van der Waals surface area contributed by atoms with Crippen molar-refractivity contribution >= 4 is 41.2 Å². The van der Waals surface area contributed by atoms with Crippen LogP contribution in [0.1, 0.15) is 11.1 Å². The van der Waals surface area contributed by atoms with Crippen molar-refractivity contribution in [1.29, 1.82) is 0 Å². The Hall–Kier alpha value is -2.49. The minimum Gasteiger partial charge on any atom is -0.368 e. The summed E-state index contributed by atoms with van der Waals surface area (Å²) < 4.78 is 0. The molecule has 0 radical (unpaired) electrons. The van der Waals surface area contributed by atoms with E-state index < -0.39 is 23.4 Å². The topological polar surface area (TPSA) is 110 Å². The Balaban J connectivity index is 1.77. The molecule has 0 spiro atoms. The summed E-state index contributed by atoms with van der Waals surface area (Å²) in [7, 11) is 0. The first-order chi connectivity index (χ1) is 17.4. The van der Waals surface area contributed by atoms with Gasteiger partial charge in [0, 0.05) is 49.1 Å². The molecule has 4 rings (SSSR count). The van der Waals surface area contributed by atoms with Crippen LogP contribution in [0.4, 0.5) is 0 Å². The predicted octanol–water partition coefficient (Wildman–Crippen LogP) is 1.79. The van der Waals surface area contributed by atoms with Crippen LogP contribution >= 0.6 is 23.5 Å². The Bertz CT molecular complexity index is 1050. The van der Waals surface area contributed by atoms with E-state index in [4.69, 9.17) is 11.5 Å². The quantitative estimate of drug-likeness (QED) is 0.543. The third kappa shape index (κ3) is 6.07. The first-order valence-electron chi connectivity index (χ1n) is 12.3. The lowest BCUT2D eigenvalue weighted by Crippen LogP contribution is -2.67. The van der Waals surface area contributed by atoms with Crippen LogP contribution in [0, 0.1) is 5.92 Å². The van der Waals surface area contributed by atoms with Crippen molar-refractivity contribution in [2.75, 3.05) is 42.6 Å². The highest BCUT2D eigenvalue weighted by atomic mass is 32.2. The van der Waals surface area contributed by atoms with E-state index in [0.717, 1.165) is 22.6 Å². The fourth-order valence-electron chi connectivity index (χ4n) is 4.99. The second-order valence-electron chi connectivity index (χ2n) is 9.37. The average molecular weight is 527 g/mol. The number of nitrogens with zero attached hydrogens (tertiary/aromatic N) is 2. The van der Waals surface area contributed by atoms with E-state index in [2.05, 4.69) is 0 Å². The van der Waals surface area contributed by atoms with Crippen LogP contribution in [-0.4, -0.2) is 81.7 Å². The standard InChI is InChI=1S/C27H34N4O3S2/c28-24(32)23-19-36-16-13-31(23)25(33)22(17-20-7-3-1-4-8-20)27(29,18-21-9-5-2-6-10-21)26(34)30-11-14-35-15-12-30/h1-10,22-23H,11-19,29H2,(H2,28,32)/t22-,23?,27+/m1/s1. The van der Waals surface area contributed by atoms with Crippen LogP contribution in [0.5, 0.6) is 0 Å². The molecule has 2 saturated heterocycles. The van der Waals surface area contributed by atoms with Gasteiger partial charge in [0.25, 0.3) is 0 Å². The fraction of sp³-hybridized carbons (Fsp3) is 0.444. The molecule has 2 aromatic rings. The SMILES string of the molecule is NC(=O)C1CSCCN1C(=O)[C@@H](Cc1ccccc1)[C@@](N)(Cc1ccccc1)C(=O)N1CCSCC1. The zero-order valence-electron chi connectivity index (χ0n) is 20.4. The van der Waals surface area contributed by atoms with Gasteiger partial charge in [-0.05, 0) is 17.5 Å². The molecule has 2 fully saturated rings. The maximum Gasteiger partial charge on any atom is 0.243 e. The number of carbonyl (C=O) groups excluding carboxylic acids is 3. The summed E-state index contributed by atoms with van der Waals surface area (Å²) in [5.41, 5.74) is 13.2. The summed E-state index contributed by atoms with van der Waals surface area (Å²) in [5.74, 6) is 0.985. The Morgan fingerprint density at radius 2 is 1.47 bits per heavy atom. The molecule has 4 N–H and O–H groups in total. The van der Waals surface area contributed by atoms with Gasteiger partial charge in [0.1, 0.15) is 11.6 Å². The molecular weight excluding hydrogens is 492 g/mol. The van der Waals surface area contributed by atoms with Crippen molar-refractivity contribution in [3.8, 4) is 0 Å². The highest BCUT2D eigenvalue weighted by molar-refractivity contribution is 7.99. The third-order valence-corrected chi connectivity index (χ3v) is 8.94. The van der Waals surface area contributed by atoms with E-state index in [0.29, 0.717) is 37.6 Å². The maximum atomic E-state index is 14.3. The summed E-state index contributed by atoms with van der Waals surface area (Å²) in [4.78, 5) is 44.1. The molecule has 3 atom stereocenters. The van der Waals surface area contributed by atoms with Crippen molar-refractivity contribution < 1.29 is 14.4 Å². The monoisotopic (exact) mass is 526 g/mol. The molecule has 2 heterocycles. The van der Waals surface area contributed by atoms with Gasteiger partial charge in [-0.25, -0.2) is 0 Å². The molecule has 36 heavy (non-hydrogen) atoms. The van der Waals surface area contributed by atoms with Gasteiger partial charge in [0.2, 0.25) is 17.7 Å². The van der Waals surface area contributed by atoms with Gasteiger partial charge in [-0.3, -0.25) is 14.4 Å². The smallest absolute Gasteiger partial charge is 0.243 e. The molecule has 0 saturated carbocycles. The lowest BCUT2D eigenvalue weighted by atomic mass is 9.74. The third-order valence-electron chi connectivity index (χ3n) is 6.98. The fourth-order valence-corrected chi connectivity index (χ4v) is 6.95. The van der Waals surface area contributed by atoms with E-state index in [1.165, 1.54) is 0 Å². The number of primary amides is 1. The van der Waals surface area contributed by atoms with Crippen LogP contribution in [-0.2, 0) is 27.2 Å². The molecule has 2 aromatic carbocycles. The minimum atomic E-state index is -1.48. The second-order valence-corrected chi connectivity index (χ2v) is 11.7. The Kier molecular flexibility index (Phi) is 8.98. The maximum absolute atomic E-state index is 14.3. The molecule has 7 nitrogen and oxygen atoms in total. The summed E-state index contributed by atoms with van der Waals surface area (Å²) in [6, 6.07) is 18.6. The minimum absolute atomic E-state index is 0.206. The van der Waals surface area contributed by atoms with E-state index in [1.807, 2.05) is 77.3 Å². The predicted molar refractivity (Wildman–Crippen MR) is 147 cm³/mol. The lowest BCUT2D eigenvalue weighted by molar-refractivity contribution is -0.150. The molecule has 192 valence electrons. The number of amides is 3. The summed E-state index contributed by atoms with van der Waals surface area (Å²) >= 11 is 3.41. The van der Waals surface area contributed by atoms with Crippen molar-refractivity contribution in [3.05, 3.63) is 71.8 Å². The molecule has 0 aliphatic carbocycles. The lowest BCUT2D eigenvalue weighted by Gasteiger charge is -2.44. The summed E-state index contributed by atoms with van der Waals surface area (Å²) in [5, 5.41) is 0. The number of rotatable bonds is 8. The van der Waals surface area contributed by atoms with Gasteiger partial charge in [-0.1, -0.05) is 60.7 Å². The van der Waals surface area contributed by atoms with E-state index >= 15 is 0 Å². The number of nitrogens with two attached hydrogens (primary N) is 2. The van der Waals surface area contributed by atoms with Crippen LogP contribution in [0.3, 0.4) is 0 Å². The highest BCUT2D eigenvalue weighted by Crippen LogP contribution is 2.31. The molecule has 9 heteroatoms. The van der Waals surface area contributed by atoms with Crippen LogP contribution in [0.25, 0.3) is 0 Å². The van der Waals surface area contributed by atoms with Gasteiger partial charge in [0.05, 0.1) is 5.92 Å². The van der Waals surface area contributed by atoms with Crippen molar-refractivity contribution in [1.82, 2.24) is 9.80 Å². The van der Waals surface area contributed by atoms with Gasteiger partial charge >= 0.3 is 0 Å². The Labute approximate surface area is 221 Å². The second kappa shape index (κ2) is 12.2. The van der Waals surface area contributed by atoms with Crippen molar-refractivity contribution in [2.24, 2.45) is 17.4 Å². The molecular formula is C27H34N4O3S2. The Morgan fingerprint density at radius 3 is 2.08 bits per heavy atom. The number of carbonyl (C=O) groups is 3. The van der Waals surface area contributed by atoms with Crippen LogP contribution in [0.2, 0.25) is 0 Å². The first-order valence-corrected chi connectivity index (χ1v) is 14.6. The molecule has 2 aliphatic rings. The van der Waals surface area contributed by atoms with Gasteiger partial charge in [-0.2, -0.15) is 23.5 Å². The molecule has 3 amide bonds. The molecule has 2 aliphatic heterocycles. The number of hydrogen-bond acceptors (Lipinski definition) is 6. The molecule has 0 aromatic heterocycles. The van der Waals surface area contributed by atoms with Crippen molar-refractivity contribution in [2.45, 2.75) is 24.4 Å². The number of benzene rings is 2. The Morgan fingerprint density at radius 1 is 0.889 bits per heavy atom. The van der Waals surface area contributed by atoms with Gasteiger partial charge < -0.3 is 21.3 Å². The summed E-state index contributed by atoms with van der Waals surface area (Å²) in [6.07, 6.45) is 0.524. The largest absolute Gasteiger partial charge is 0.368 e. The van der Waals surface area contributed by atoms with Crippen LogP contribution in [0.15, 0.2) is 60.7 Å². The highest BCUT2D eigenvalue weighted by Gasteiger charge is 2.50. The molecule has 0 bridgehead atoms. The van der Waals surface area contributed by atoms with Crippen LogP contribution < -0.4 is 11.5 Å². The average Bonchev–Trinajstić information content (AvgIpc) is 2.92. The van der Waals surface area contributed by atoms with Gasteiger partial charge in [-0.15, -0.1) is 0 Å². The number of thioether (sulfide) groups is 2. The first kappa shape index (κ1) is 26.6. The number of hydrogen-bond donors (Lipinski definition) is 2. The van der Waals surface area contributed by atoms with E-state index in [1.54, 1.807) is 16.7 Å². The molecule has 1 unspecified atom stereocenters. The summed E-state index contributed by atoms with van der Waals surface area (Å²) in [6.45, 7) is 1.61. The van der Waals surface area contributed by atoms with Gasteiger partial charge in [0.15, 0.2) is 0 Å². The zero-order chi connectivity index (χ0) is 25.5. The van der Waals surface area contributed by atoms with Crippen molar-refractivity contribution in [3.63, 3.8) is 0 Å².